The van der Waals surface area contributed by atoms with Gasteiger partial charge in [-0.1, -0.05) is 30.3 Å². The van der Waals surface area contributed by atoms with E-state index in [0.717, 1.165) is 16.2 Å². The van der Waals surface area contributed by atoms with Gasteiger partial charge in [0.1, 0.15) is 5.75 Å². The minimum absolute atomic E-state index is 0.0717. The summed E-state index contributed by atoms with van der Waals surface area (Å²) < 4.78 is 57.6. The molecule has 2 aromatic carbocycles. The molecule has 8 nitrogen and oxygen atoms in total. The van der Waals surface area contributed by atoms with Gasteiger partial charge < -0.3 is 4.74 Å². The molecule has 1 atom stereocenters. The van der Waals surface area contributed by atoms with Crippen molar-refractivity contribution in [2.45, 2.75) is 19.4 Å². The highest BCUT2D eigenvalue weighted by atomic mass is 32.2. The summed E-state index contributed by atoms with van der Waals surface area (Å²) in [6.07, 6.45) is 1.41. The molecule has 29 heavy (non-hydrogen) atoms. The molecule has 0 amide bonds. The zero-order chi connectivity index (χ0) is 21.2. The van der Waals surface area contributed by atoms with Crippen LogP contribution in [0.15, 0.2) is 53.6 Å². The van der Waals surface area contributed by atoms with Crippen molar-refractivity contribution in [3.8, 4) is 5.75 Å². The molecule has 0 aliphatic carbocycles. The standard InChI is InChI=1S/C19H23N3O5S2/c1-4-29(25,26)21-17-8-6-5-7-16(17)18-13-19(22(20-18)28(3,23)24)14-9-11-15(27-2)12-10-14/h5-12,19,21H,4,13H2,1-3H3/t19-/m0/s1. The number of anilines is 1. The van der Waals surface area contributed by atoms with Crippen LogP contribution in [0.2, 0.25) is 0 Å². The smallest absolute Gasteiger partial charge is 0.247 e. The Labute approximate surface area is 171 Å². The lowest BCUT2D eigenvalue weighted by molar-refractivity contribution is 0.374. The Morgan fingerprint density at radius 1 is 1.10 bits per heavy atom. The van der Waals surface area contributed by atoms with Crippen LogP contribution in [0.4, 0.5) is 5.69 Å². The van der Waals surface area contributed by atoms with Crippen LogP contribution in [0.25, 0.3) is 0 Å². The maximum atomic E-state index is 12.4. The number of nitrogens with one attached hydrogen (secondary N) is 1. The summed E-state index contributed by atoms with van der Waals surface area (Å²) in [7, 11) is -5.57. The molecule has 1 N–H and O–H groups in total. The maximum Gasteiger partial charge on any atom is 0.247 e. The van der Waals surface area contributed by atoms with Crippen LogP contribution in [0.1, 0.15) is 30.5 Å². The Morgan fingerprint density at radius 2 is 1.76 bits per heavy atom. The zero-order valence-electron chi connectivity index (χ0n) is 16.4. The van der Waals surface area contributed by atoms with E-state index in [2.05, 4.69) is 9.82 Å². The second kappa shape index (κ2) is 8.03. The minimum atomic E-state index is -3.63. The van der Waals surface area contributed by atoms with Crippen LogP contribution < -0.4 is 9.46 Å². The molecule has 1 aliphatic heterocycles. The summed E-state index contributed by atoms with van der Waals surface area (Å²) in [5.74, 6) is 0.593. The lowest BCUT2D eigenvalue weighted by Gasteiger charge is -2.21. The first kappa shape index (κ1) is 21.1. The van der Waals surface area contributed by atoms with Crippen molar-refractivity contribution in [1.29, 1.82) is 0 Å². The lowest BCUT2D eigenvalue weighted by Crippen LogP contribution is -2.25. The molecule has 0 bridgehead atoms. The SMILES string of the molecule is CCS(=O)(=O)Nc1ccccc1C1=NN(S(C)(=O)=O)[C@H](c2ccc(OC)cc2)C1. The summed E-state index contributed by atoms with van der Waals surface area (Å²) in [5.41, 5.74) is 2.18. The molecule has 0 saturated carbocycles. The van der Waals surface area contributed by atoms with Gasteiger partial charge in [-0.05, 0) is 30.7 Å². The van der Waals surface area contributed by atoms with Gasteiger partial charge in [0, 0.05) is 12.0 Å². The molecule has 10 heteroatoms. The van der Waals surface area contributed by atoms with Crippen molar-refractivity contribution >= 4 is 31.4 Å². The van der Waals surface area contributed by atoms with Gasteiger partial charge in [0.25, 0.3) is 0 Å². The van der Waals surface area contributed by atoms with Crippen LogP contribution in [0, 0.1) is 0 Å². The average molecular weight is 438 g/mol. The highest BCUT2D eigenvalue weighted by Crippen LogP contribution is 2.36. The number of hydrazone groups is 1. The number of nitrogens with zero attached hydrogens (tertiary/aromatic N) is 2. The first-order valence-electron chi connectivity index (χ1n) is 8.95. The molecule has 0 radical (unpaired) electrons. The Kier molecular flexibility index (Phi) is 5.85. The van der Waals surface area contributed by atoms with E-state index in [1.807, 2.05) is 0 Å². The summed E-state index contributed by atoms with van der Waals surface area (Å²) in [5, 5.41) is 4.34. The van der Waals surface area contributed by atoms with E-state index in [9.17, 15) is 16.8 Å². The zero-order valence-corrected chi connectivity index (χ0v) is 18.0. The van der Waals surface area contributed by atoms with E-state index in [-0.39, 0.29) is 5.75 Å². The number of hydrogen-bond acceptors (Lipinski definition) is 6. The first-order valence-corrected chi connectivity index (χ1v) is 12.5. The number of benzene rings is 2. The number of ether oxygens (including phenoxy) is 1. The monoisotopic (exact) mass is 437 g/mol. The number of para-hydroxylation sites is 1. The van der Waals surface area contributed by atoms with Crippen molar-refractivity contribution in [1.82, 2.24) is 4.41 Å². The van der Waals surface area contributed by atoms with E-state index in [1.54, 1.807) is 62.6 Å². The van der Waals surface area contributed by atoms with Gasteiger partial charge in [0.15, 0.2) is 0 Å². The fourth-order valence-electron chi connectivity index (χ4n) is 3.09. The van der Waals surface area contributed by atoms with Gasteiger partial charge in [0.2, 0.25) is 20.0 Å². The molecule has 2 aromatic rings. The molecule has 1 heterocycles. The van der Waals surface area contributed by atoms with Crippen LogP contribution in [0.3, 0.4) is 0 Å². The van der Waals surface area contributed by atoms with Crippen molar-refractivity contribution in [2.24, 2.45) is 5.10 Å². The first-order chi connectivity index (χ1) is 13.6. The molecule has 0 saturated heterocycles. The van der Waals surface area contributed by atoms with Gasteiger partial charge >= 0.3 is 0 Å². The average Bonchev–Trinajstić information content (AvgIpc) is 3.14. The Balaban J connectivity index is 2.01. The molecule has 156 valence electrons. The van der Waals surface area contributed by atoms with Gasteiger partial charge in [-0.2, -0.15) is 9.52 Å². The minimum Gasteiger partial charge on any atom is -0.497 e. The molecular formula is C19H23N3O5S2. The number of sulfonamides is 2. The van der Waals surface area contributed by atoms with E-state index in [0.29, 0.717) is 29.1 Å². The Bertz CT molecular complexity index is 1130. The highest BCUT2D eigenvalue weighted by molar-refractivity contribution is 7.92. The summed E-state index contributed by atoms with van der Waals surface area (Å²) in [6.45, 7) is 1.54. The van der Waals surface area contributed by atoms with Crippen LogP contribution in [-0.4, -0.2) is 46.1 Å². The molecule has 0 fully saturated rings. The fourth-order valence-corrected chi connectivity index (χ4v) is 4.66. The summed E-state index contributed by atoms with van der Waals surface area (Å²) >= 11 is 0. The molecule has 1 aliphatic rings. The number of methoxy groups -OCH3 is 1. The third-order valence-electron chi connectivity index (χ3n) is 4.60. The number of rotatable bonds is 7. The molecular weight excluding hydrogens is 414 g/mol. The molecule has 0 spiro atoms. The number of hydrogen-bond donors (Lipinski definition) is 1. The van der Waals surface area contributed by atoms with E-state index < -0.39 is 26.1 Å². The van der Waals surface area contributed by atoms with Crippen molar-refractivity contribution < 1.29 is 21.6 Å². The van der Waals surface area contributed by atoms with E-state index in [4.69, 9.17) is 4.74 Å². The summed E-state index contributed by atoms with van der Waals surface area (Å²) in [4.78, 5) is 0. The Morgan fingerprint density at radius 3 is 2.34 bits per heavy atom. The molecule has 3 rings (SSSR count). The topological polar surface area (TPSA) is 105 Å². The van der Waals surface area contributed by atoms with Crippen LogP contribution in [0.5, 0.6) is 5.75 Å². The van der Waals surface area contributed by atoms with Crippen molar-refractivity contribution in [3.63, 3.8) is 0 Å². The molecule has 0 unspecified atom stereocenters. The van der Waals surface area contributed by atoms with Crippen LogP contribution in [-0.2, 0) is 20.0 Å². The van der Waals surface area contributed by atoms with Gasteiger partial charge in [0.05, 0.1) is 36.6 Å². The third kappa shape index (κ3) is 4.70. The second-order valence-corrected chi connectivity index (χ2v) is 10.5. The fraction of sp³-hybridized carbons (Fsp3) is 0.316. The van der Waals surface area contributed by atoms with Gasteiger partial charge in [-0.15, -0.1) is 0 Å². The predicted molar refractivity (Wildman–Crippen MR) is 113 cm³/mol. The normalized spacial score (nSPS) is 17.1. The van der Waals surface area contributed by atoms with Crippen molar-refractivity contribution in [2.75, 3.05) is 23.8 Å². The lowest BCUT2D eigenvalue weighted by atomic mass is 9.98. The highest BCUT2D eigenvalue weighted by Gasteiger charge is 2.35. The van der Waals surface area contributed by atoms with E-state index >= 15 is 0 Å². The second-order valence-electron chi connectivity index (χ2n) is 6.63. The Hall–Kier alpha value is -2.59. The summed E-state index contributed by atoms with van der Waals surface area (Å²) in [6, 6.07) is 13.4. The molecule has 0 aromatic heterocycles. The maximum absolute atomic E-state index is 12.4. The predicted octanol–water partition coefficient (Wildman–Crippen LogP) is 2.57. The van der Waals surface area contributed by atoms with Gasteiger partial charge in [-0.25, -0.2) is 16.8 Å². The van der Waals surface area contributed by atoms with Gasteiger partial charge in [-0.3, -0.25) is 4.72 Å². The quantitative estimate of drug-likeness (QED) is 0.717. The largest absolute Gasteiger partial charge is 0.497 e. The van der Waals surface area contributed by atoms with Crippen molar-refractivity contribution in [3.05, 3.63) is 59.7 Å². The third-order valence-corrected chi connectivity index (χ3v) is 6.90. The van der Waals surface area contributed by atoms with E-state index in [1.165, 1.54) is 0 Å². The van der Waals surface area contributed by atoms with Crippen LogP contribution >= 0.6 is 0 Å².